The molecule has 0 aliphatic rings. The van der Waals surface area contributed by atoms with Gasteiger partial charge in [0, 0.05) is 25.6 Å². The zero-order valence-electron chi connectivity index (χ0n) is 27.7. The van der Waals surface area contributed by atoms with E-state index in [-0.39, 0.29) is 0 Å². The van der Waals surface area contributed by atoms with Gasteiger partial charge in [0.25, 0.3) is 0 Å². The first-order valence-corrected chi connectivity index (χ1v) is 18.4. The van der Waals surface area contributed by atoms with Crippen molar-refractivity contribution in [3.8, 4) is 33.4 Å². The molecule has 0 atom stereocenters. The lowest BCUT2D eigenvalue weighted by Crippen LogP contribution is -1.92. The predicted octanol–water partition coefficient (Wildman–Crippen LogP) is 14.8. The van der Waals surface area contributed by atoms with E-state index >= 15 is 0 Å². The van der Waals surface area contributed by atoms with E-state index < -0.39 is 0 Å². The molecule has 51 heavy (non-hydrogen) atoms. The number of fused-ring (bicyclic) bond motifs is 11. The van der Waals surface area contributed by atoms with Crippen LogP contribution in [0.5, 0.6) is 0 Å². The Labute approximate surface area is 299 Å². The summed E-state index contributed by atoms with van der Waals surface area (Å²) in [6.45, 7) is 0. The number of hydrogen-bond acceptors (Lipinski definition) is 1. The van der Waals surface area contributed by atoms with Gasteiger partial charge in [-0.15, -0.1) is 11.3 Å². The molecule has 0 spiro atoms. The van der Waals surface area contributed by atoms with E-state index in [0.717, 1.165) is 0 Å². The first-order chi connectivity index (χ1) is 25.3. The molecule has 0 unspecified atom stereocenters. The molecular weight excluding hydrogens is 633 g/mol. The van der Waals surface area contributed by atoms with Crippen LogP contribution in [0.15, 0.2) is 182 Å². The Hall–Kier alpha value is -6.28. The van der Waals surface area contributed by atoms with E-state index in [1.165, 1.54) is 107 Å². The van der Waals surface area contributed by atoms with Crippen LogP contribution in [0.2, 0.25) is 0 Å². The summed E-state index contributed by atoms with van der Waals surface area (Å²) in [5.41, 5.74) is 7.56. The molecule has 0 bridgehead atoms. The van der Waals surface area contributed by atoms with E-state index in [1.807, 2.05) is 11.3 Å². The quantitative estimate of drug-likeness (QED) is 0.130. The molecule has 0 aliphatic carbocycles. The minimum Gasteiger partial charge on any atom is -0.135 e. The highest BCUT2D eigenvalue weighted by Gasteiger charge is 2.20. The summed E-state index contributed by atoms with van der Waals surface area (Å²) in [5.74, 6) is 0. The fourth-order valence-electron chi connectivity index (χ4n) is 8.60. The topological polar surface area (TPSA) is 0 Å². The molecule has 0 saturated carbocycles. The SMILES string of the molecule is c1ccc(-c2c3ccccc3c(-c3cc(-c4ccc5sc6c7ccccc7c7ccccc7c6c5c4)cc4ccccc34)c3ccccc23)cc1. The molecule has 0 nitrogen and oxygen atoms in total. The van der Waals surface area contributed by atoms with Gasteiger partial charge >= 0.3 is 0 Å². The minimum absolute atomic E-state index is 1.23. The van der Waals surface area contributed by atoms with Crippen molar-refractivity contribution in [2.75, 3.05) is 0 Å². The third-order valence-electron chi connectivity index (χ3n) is 10.8. The largest absolute Gasteiger partial charge is 0.135 e. The smallest absolute Gasteiger partial charge is 0.0440 e. The minimum atomic E-state index is 1.23. The van der Waals surface area contributed by atoms with Gasteiger partial charge in [-0.1, -0.05) is 158 Å². The van der Waals surface area contributed by atoms with Gasteiger partial charge in [-0.3, -0.25) is 0 Å². The van der Waals surface area contributed by atoms with Crippen LogP contribution in [0.1, 0.15) is 0 Å². The second-order valence-corrected chi connectivity index (χ2v) is 14.6. The molecule has 1 heterocycles. The molecule has 11 rings (SSSR count). The summed E-state index contributed by atoms with van der Waals surface area (Å²) in [7, 11) is 0. The fraction of sp³-hybridized carbons (Fsp3) is 0. The Morgan fingerprint density at radius 2 is 0.824 bits per heavy atom. The Kier molecular flexibility index (Phi) is 6.22. The van der Waals surface area contributed by atoms with Gasteiger partial charge in [-0.05, 0) is 106 Å². The third-order valence-corrected chi connectivity index (χ3v) is 12.0. The maximum atomic E-state index is 2.45. The van der Waals surface area contributed by atoms with E-state index in [4.69, 9.17) is 0 Å². The number of benzene rings is 10. The van der Waals surface area contributed by atoms with Crippen molar-refractivity contribution in [1.82, 2.24) is 0 Å². The Bertz CT molecular complexity index is 3130. The van der Waals surface area contributed by atoms with Gasteiger partial charge in [-0.2, -0.15) is 0 Å². The molecule has 0 N–H and O–H groups in total. The summed E-state index contributed by atoms with van der Waals surface area (Å²) in [4.78, 5) is 0. The molecule has 236 valence electrons. The van der Waals surface area contributed by atoms with Crippen LogP contribution in [0.25, 0.3) is 107 Å². The molecule has 0 fully saturated rings. The molecule has 0 saturated heterocycles. The lowest BCUT2D eigenvalue weighted by molar-refractivity contribution is 1.65. The van der Waals surface area contributed by atoms with Crippen molar-refractivity contribution in [2.45, 2.75) is 0 Å². The van der Waals surface area contributed by atoms with Gasteiger partial charge in [0.2, 0.25) is 0 Å². The van der Waals surface area contributed by atoms with Gasteiger partial charge in [0.05, 0.1) is 0 Å². The van der Waals surface area contributed by atoms with Crippen LogP contribution >= 0.6 is 11.3 Å². The summed E-state index contributed by atoms with van der Waals surface area (Å²) in [6.07, 6.45) is 0. The molecule has 1 heteroatoms. The maximum absolute atomic E-state index is 2.45. The average molecular weight is 663 g/mol. The molecular formula is C50H30S. The van der Waals surface area contributed by atoms with E-state index in [2.05, 4.69) is 182 Å². The van der Waals surface area contributed by atoms with Crippen LogP contribution in [0.4, 0.5) is 0 Å². The van der Waals surface area contributed by atoms with Gasteiger partial charge in [0.1, 0.15) is 0 Å². The molecule has 0 amide bonds. The third kappa shape index (κ3) is 4.26. The fourth-order valence-corrected chi connectivity index (χ4v) is 9.84. The number of rotatable bonds is 3. The maximum Gasteiger partial charge on any atom is 0.0440 e. The van der Waals surface area contributed by atoms with Crippen molar-refractivity contribution in [1.29, 1.82) is 0 Å². The van der Waals surface area contributed by atoms with Crippen molar-refractivity contribution in [3.05, 3.63) is 182 Å². The molecule has 11 aromatic rings. The average Bonchev–Trinajstić information content (AvgIpc) is 3.59. The second kappa shape index (κ2) is 11.1. The molecule has 0 radical (unpaired) electrons. The van der Waals surface area contributed by atoms with Crippen molar-refractivity contribution < 1.29 is 0 Å². The highest BCUT2D eigenvalue weighted by molar-refractivity contribution is 7.27. The van der Waals surface area contributed by atoms with Crippen LogP contribution in [-0.2, 0) is 0 Å². The van der Waals surface area contributed by atoms with Crippen molar-refractivity contribution >= 4 is 85.4 Å². The predicted molar refractivity (Wildman–Crippen MR) is 223 cm³/mol. The zero-order valence-corrected chi connectivity index (χ0v) is 28.5. The van der Waals surface area contributed by atoms with Gasteiger partial charge < -0.3 is 0 Å². The summed E-state index contributed by atoms with van der Waals surface area (Å²) < 4.78 is 2.69. The second-order valence-electron chi connectivity index (χ2n) is 13.6. The zero-order chi connectivity index (χ0) is 33.5. The summed E-state index contributed by atoms with van der Waals surface area (Å²) >= 11 is 1.91. The van der Waals surface area contributed by atoms with Crippen LogP contribution in [0, 0.1) is 0 Å². The van der Waals surface area contributed by atoms with Crippen LogP contribution in [-0.4, -0.2) is 0 Å². The molecule has 0 aliphatic heterocycles. The number of hydrogen-bond donors (Lipinski definition) is 0. The highest BCUT2D eigenvalue weighted by atomic mass is 32.1. The Morgan fingerprint density at radius 3 is 1.51 bits per heavy atom. The Balaban J connectivity index is 1.22. The summed E-state index contributed by atoms with van der Waals surface area (Å²) in [5, 5.41) is 15.6. The van der Waals surface area contributed by atoms with Crippen LogP contribution in [0.3, 0.4) is 0 Å². The lowest BCUT2D eigenvalue weighted by atomic mass is 9.84. The van der Waals surface area contributed by atoms with E-state index in [9.17, 15) is 0 Å². The highest BCUT2D eigenvalue weighted by Crippen LogP contribution is 2.48. The Morgan fingerprint density at radius 1 is 0.294 bits per heavy atom. The number of thiophene rings is 1. The lowest BCUT2D eigenvalue weighted by Gasteiger charge is -2.19. The van der Waals surface area contributed by atoms with Crippen molar-refractivity contribution in [3.63, 3.8) is 0 Å². The van der Waals surface area contributed by atoms with E-state index in [0.29, 0.717) is 0 Å². The van der Waals surface area contributed by atoms with Gasteiger partial charge in [0.15, 0.2) is 0 Å². The standard InChI is InChI=1S/C50H30S/c1-2-14-31(15-3-1)47-39-21-9-11-23-41(39)48(42-24-12-10-22-40(42)47)44-30-34(28-33-16-4-5-17-35(33)44)32-26-27-46-45(29-32)49-38-20-8-6-18-36(38)37-19-7-13-25-43(37)50(49)51-46/h1-30H. The van der Waals surface area contributed by atoms with Crippen molar-refractivity contribution in [2.24, 2.45) is 0 Å². The first-order valence-electron chi connectivity index (χ1n) is 17.6. The van der Waals surface area contributed by atoms with Crippen LogP contribution < -0.4 is 0 Å². The molecule has 1 aromatic heterocycles. The van der Waals surface area contributed by atoms with E-state index in [1.54, 1.807) is 0 Å². The van der Waals surface area contributed by atoms with Gasteiger partial charge in [-0.25, -0.2) is 0 Å². The summed E-state index contributed by atoms with van der Waals surface area (Å²) in [6, 6.07) is 67.4. The normalized spacial score (nSPS) is 11.9. The molecule has 10 aromatic carbocycles. The first kappa shape index (κ1) is 28.5. The monoisotopic (exact) mass is 662 g/mol.